The van der Waals surface area contributed by atoms with Crippen molar-refractivity contribution in [3.05, 3.63) is 145 Å². The van der Waals surface area contributed by atoms with Gasteiger partial charge >= 0.3 is 23.2 Å². The summed E-state index contributed by atoms with van der Waals surface area (Å²) in [5.74, 6) is -3.59. The predicted octanol–water partition coefficient (Wildman–Crippen LogP) is 7.58. The molecule has 0 unspecified atom stereocenters. The fourth-order valence-corrected chi connectivity index (χ4v) is 10.2. The van der Waals surface area contributed by atoms with Crippen molar-refractivity contribution >= 4 is 193 Å². The molecule has 2 aliphatic heterocycles. The van der Waals surface area contributed by atoms with E-state index >= 15 is 0 Å². The van der Waals surface area contributed by atoms with E-state index in [4.69, 9.17) is 29.1 Å². The van der Waals surface area contributed by atoms with Gasteiger partial charge in [0.15, 0.2) is 5.82 Å². The van der Waals surface area contributed by atoms with Crippen molar-refractivity contribution in [2.24, 2.45) is 5.73 Å². The molecule has 7 aromatic heterocycles. The number of amides is 2. The SMILES string of the molecule is CN1CCN(C(=O)c2nc3c(oc4ccc(Br)cc43)c(=O)[nH]2)CC1.CN1CCNCC1.COC(=O)C(=O)Cl.COC(=O)c1nc2c(oc3ccc(Br)cc32)c(=O)[nH]1.COC(=O)c1nc2c(oc3ccc(Br)cc32)c(=O)[nH]1.NC(=O)c1oc2ccc(Br)cc2c1N. The number of nitrogens with one attached hydrogen (secondary N) is 4. The van der Waals surface area contributed by atoms with Crippen molar-refractivity contribution in [3.63, 3.8) is 0 Å². The number of anilines is 1. The number of nitrogens with two attached hydrogens (primary N) is 2. The quantitative estimate of drug-likeness (QED) is 0.0418. The molecule has 0 atom stereocenters. The number of aromatic amines is 3. The summed E-state index contributed by atoms with van der Waals surface area (Å²) in [5.41, 5.74) is 13.2. The highest BCUT2D eigenvalue weighted by molar-refractivity contribution is 9.11. The van der Waals surface area contributed by atoms with Crippen LogP contribution < -0.4 is 33.5 Å². The van der Waals surface area contributed by atoms with Crippen LogP contribution in [0.4, 0.5) is 5.69 Å². The molecule has 0 radical (unpaired) electrons. The third-order valence-electron chi connectivity index (χ3n) is 13.2. The molecule has 9 heterocycles. The number of hydrogen-bond acceptors (Lipinski definition) is 23. The van der Waals surface area contributed by atoms with Crippen molar-refractivity contribution < 1.29 is 60.6 Å². The van der Waals surface area contributed by atoms with Gasteiger partial charge in [0.05, 0.1) is 27.0 Å². The number of piperazine rings is 2. The normalized spacial score (nSPS) is 13.2. The van der Waals surface area contributed by atoms with E-state index in [9.17, 15) is 43.2 Å². The summed E-state index contributed by atoms with van der Waals surface area (Å²) in [6, 6.07) is 21.3. The minimum atomic E-state index is -1.09. The maximum absolute atomic E-state index is 12.7. The summed E-state index contributed by atoms with van der Waals surface area (Å²) >= 11 is 18.0. The Bertz CT molecular complexity index is 4610. The van der Waals surface area contributed by atoms with Gasteiger partial charge < -0.3 is 63.4 Å². The zero-order valence-corrected chi connectivity index (χ0v) is 54.9. The van der Waals surface area contributed by atoms with E-state index in [1.165, 1.54) is 27.3 Å². The number of rotatable bonds is 5. The topological polar surface area (TPSA) is 394 Å². The summed E-state index contributed by atoms with van der Waals surface area (Å²) in [4.78, 5) is 128. The molecule has 0 aliphatic carbocycles. The van der Waals surface area contributed by atoms with Crippen LogP contribution in [0, 0.1) is 0 Å². The highest BCUT2D eigenvalue weighted by Crippen LogP contribution is 2.32. The van der Waals surface area contributed by atoms with Gasteiger partial charge in [0.25, 0.3) is 28.5 Å². The Morgan fingerprint density at radius 1 is 0.522 bits per heavy atom. The van der Waals surface area contributed by atoms with Crippen LogP contribution >= 0.6 is 75.3 Å². The van der Waals surface area contributed by atoms with E-state index in [0.29, 0.717) is 73.5 Å². The average molecular weight is 1520 g/mol. The van der Waals surface area contributed by atoms with Crippen molar-refractivity contribution in [2.75, 3.05) is 93.5 Å². The molecule has 13 rings (SSSR count). The first-order chi connectivity index (χ1) is 42.9. The van der Waals surface area contributed by atoms with Crippen molar-refractivity contribution in [1.82, 2.24) is 49.9 Å². The summed E-state index contributed by atoms with van der Waals surface area (Å²) in [6.45, 7) is 7.59. The highest BCUT2D eigenvalue weighted by atomic mass is 79.9. The summed E-state index contributed by atoms with van der Waals surface area (Å²) in [5, 5.41) is 4.88. The number of halogens is 5. The van der Waals surface area contributed by atoms with Crippen molar-refractivity contribution in [3.8, 4) is 0 Å². The number of ether oxygens (including phenoxy) is 3. The fourth-order valence-electron chi connectivity index (χ4n) is 8.65. The molecule has 0 bridgehead atoms. The van der Waals surface area contributed by atoms with Gasteiger partial charge in [-0.3, -0.25) is 43.7 Å². The Kier molecular flexibility index (Phi) is 22.3. The third-order valence-corrected chi connectivity index (χ3v) is 15.3. The van der Waals surface area contributed by atoms with Gasteiger partial charge in [-0.1, -0.05) is 63.7 Å². The van der Waals surface area contributed by atoms with E-state index in [1.54, 1.807) is 65.6 Å². The number of carbonyl (C=O) groups excluding carboxylic acids is 6. The lowest BCUT2D eigenvalue weighted by molar-refractivity contribution is -0.148. The molecule has 90 heavy (non-hydrogen) atoms. The van der Waals surface area contributed by atoms with E-state index in [0.717, 1.165) is 51.2 Å². The molecule has 2 saturated heterocycles. The van der Waals surface area contributed by atoms with Gasteiger partial charge in [0, 0.05) is 91.8 Å². The number of carbonyl (C=O) groups is 6. The minimum Gasteiger partial charge on any atom is -0.463 e. The lowest BCUT2D eigenvalue weighted by Crippen LogP contribution is -2.47. The number of nitrogen functional groups attached to an aromatic ring is 1. The number of benzene rings is 4. The van der Waals surface area contributed by atoms with E-state index < -0.39 is 45.7 Å². The molecule has 0 spiro atoms. The van der Waals surface area contributed by atoms with Crippen LogP contribution in [0.5, 0.6) is 0 Å². The maximum Gasteiger partial charge on any atom is 0.391 e. The number of methoxy groups -OCH3 is 3. The monoisotopic (exact) mass is 1510 g/mol. The predicted molar refractivity (Wildman–Crippen MR) is 346 cm³/mol. The summed E-state index contributed by atoms with van der Waals surface area (Å²) in [7, 11) is 7.69. The Hall–Kier alpha value is -8.63. The zero-order chi connectivity index (χ0) is 65.2. The summed E-state index contributed by atoms with van der Waals surface area (Å²) < 4.78 is 38.0. The number of hydrogen-bond donors (Lipinski definition) is 6. The zero-order valence-electron chi connectivity index (χ0n) is 47.8. The molecule has 2 fully saturated rings. The van der Waals surface area contributed by atoms with Gasteiger partial charge in [-0.15, -0.1) is 0 Å². The Morgan fingerprint density at radius 3 is 1.21 bits per heavy atom. The molecule has 28 nitrogen and oxygen atoms in total. The number of esters is 3. The first-order valence-corrected chi connectivity index (χ1v) is 29.9. The molecule has 8 N–H and O–H groups in total. The number of likely N-dealkylation sites (N-methyl/N-ethyl adjacent to an activating group) is 2. The summed E-state index contributed by atoms with van der Waals surface area (Å²) in [6.07, 6.45) is 0. The average Bonchev–Trinajstić information content (AvgIpc) is 3.51. The molecule has 470 valence electrons. The second-order valence-corrected chi connectivity index (χ2v) is 23.3. The molecule has 2 amide bonds. The van der Waals surface area contributed by atoms with Crippen LogP contribution in [0.15, 0.2) is 123 Å². The number of fused-ring (bicyclic) bond motifs is 10. The first kappa shape index (κ1) is 67.3. The van der Waals surface area contributed by atoms with Crippen molar-refractivity contribution in [1.29, 1.82) is 0 Å². The van der Waals surface area contributed by atoms with Crippen LogP contribution in [-0.4, -0.2) is 167 Å². The number of primary amides is 1. The lowest BCUT2D eigenvalue weighted by Gasteiger charge is -2.31. The Balaban J connectivity index is 0.000000146. The highest BCUT2D eigenvalue weighted by Gasteiger charge is 2.25. The maximum atomic E-state index is 12.7. The fraction of sp³-hybridized carbons (Fsp3) is 0.228. The molecule has 0 saturated carbocycles. The number of nitrogens with zero attached hydrogens (tertiary/aromatic N) is 6. The molecule has 33 heteroatoms. The van der Waals surface area contributed by atoms with E-state index in [2.05, 4.69) is 142 Å². The molecule has 4 aromatic carbocycles. The Morgan fingerprint density at radius 2 is 0.878 bits per heavy atom. The number of H-pyrrole nitrogens is 3. The van der Waals surface area contributed by atoms with Gasteiger partial charge in [-0.25, -0.2) is 29.3 Å². The second-order valence-electron chi connectivity index (χ2n) is 19.3. The Labute approximate surface area is 544 Å². The molecular formula is C57H51Br4ClN12O16. The molecule has 2 aliphatic rings. The standard InChI is InChI=1S/C16H15BrN4O3.2C12H7BrN2O4.C9H7BrN2O2.C5H12N2.C3H3ClO3/c1-20-4-6-21(7-5-20)16(23)14-18-12-10-8-9(17)2-3-11(10)24-13(12)15(22)19-14;2*1-18-12(17)10-14-8-6-4-5(13)2-3-7(6)19-9(8)11(16)15-10;10-4-1-2-6-5(3-4)7(11)8(14-6)9(12)13;1-7-4-2-6-3-5-7;1-7-3(6)2(4)5/h2-3,8H,4-7H2,1H3,(H,18,19,22);2*2-4H,1H3,(H,14,15,16);1-3H,11H2,(H2,12,13);6H,2-5H2,1H3;1H3. The first-order valence-electron chi connectivity index (χ1n) is 26.3. The van der Waals surface area contributed by atoms with Crippen molar-refractivity contribution in [2.45, 2.75) is 0 Å². The second kappa shape index (κ2) is 29.8. The van der Waals surface area contributed by atoms with E-state index in [1.807, 2.05) is 19.2 Å². The smallest absolute Gasteiger partial charge is 0.391 e. The number of aromatic nitrogens is 6. The van der Waals surface area contributed by atoms with Crippen LogP contribution in [0.25, 0.3) is 77.2 Å². The van der Waals surface area contributed by atoms with Crippen LogP contribution in [0.2, 0.25) is 0 Å². The van der Waals surface area contributed by atoms with Gasteiger partial charge in [0.2, 0.25) is 34.2 Å². The molecular weight excluding hydrogens is 1460 g/mol. The lowest BCUT2D eigenvalue weighted by atomic mass is 10.2. The van der Waals surface area contributed by atoms with Crippen LogP contribution in [0.1, 0.15) is 42.4 Å². The van der Waals surface area contributed by atoms with Gasteiger partial charge in [0.1, 0.15) is 38.9 Å². The number of furan rings is 4. The van der Waals surface area contributed by atoms with E-state index in [-0.39, 0.29) is 51.6 Å². The largest absolute Gasteiger partial charge is 0.463 e. The third kappa shape index (κ3) is 15.9. The van der Waals surface area contributed by atoms with Crippen LogP contribution in [-0.2, 0) is 23.8 Å². The van der Waals surface area contributed by atoms with Crippen LogP contribution in [0.3, 0.4) is 0 Å². The molecule has 11 aromatic rings. The van der Waals surface area contributed by atoms with Gasteiger partial charge in [-0.05, 0) is 98.5 Å². The minimum absolute atomic E-state index is 0.0121. The van der Waals surface area contributed by atoms with Gasteiger partial charge in [-0.2, -0.15) is 0 Å².